The fourth-order valence-electron chi connectivity index (χ4n) is 3.71. The van der Waals surface area contributed by atoms with Gasteiger partial charge in [-0.15, -0.1) is 0 Å². The van der Waals surface area contributed by atoms with Crippen molar-refractivity contribution in [2.24, 2.45) is 17.0 Å². The third kappa shape index (κ3) is 5.15. The zero-order chi connectivity index (χ0) is 19.4. The van der Waals surface area contributed by atoms with Crippen LogP contribution in [0.2, 0.25) is 0 Å². The van der Waals surface area contributed by atoms with Gasteiger partial charge in [0.25, 0.3) is 5.91 Å². The van der Waals surface area contributed by atoms with E-state index in [2.05, 4.69) is 5.16 Å². The first kappa shape index (κ1) is 19.5. The second-order valence-electron chi connectivity index (χ2n) is 7.95. The third-order valence-corrected chi connectivity index (χ3v) is 5.12. The summed E-state index contributed by atoms with van der Waals surface area (Å²) in [6.07, 6.45) is 2.64. The van der Waals surface area contributed by atoms with E-state index in [1.54, 1.807) is 17.0 Å². The van der Waals surface area contributed by atoms with Crippen LogP contribution in [-0.4, -0.2) is 41.5 Å². The van der Waals surface area contributed by atoms with Gasteiger partial charge in [0.15, 0.2) is 0 Å². The maximum absolute atomic E-state index is 13.0. The summed E-state index contributed by atoms with van der Waals surface area (Å²) in [6.45, 7) is 5.22. The number of hydrogen-bond acceptors (Lipinski definition) is 4. The average molecular weight is 374 g/mol. The van der Waals surface area contributed by atoms with Crippen LogP contribution in [-0.2, 0) is 20.8 Å². The van der Waals surface area contributed by atoms with Gasteiger partial charge in [-0.2, -0.15) is 0 Å². The molecule has 0 radical (unpaired) electrons. The molecule has 0 bridgehead atoms. The lowest BCUT2D eigenvalue weighted by Gasteiger charge is -2.33. The fraction of sp³-hybridized carbons (Fsp3) is 0.571. The quantitative estimate of drug-likeness (QED) is 0.767. The van der Waals surface area contributed by atoms with Crippen LogP contribution in [0.4, 0.5) is 4.39 Å². The van der Waals surface area contributed by atoms with Gasteiger partial charge in [-0.1, -0.05) is 31.1 Å². The zero-order valence-electron chi connectivity index (χ0n) is 16.0. The normalized spacial score (nSPS) is 22.5. The molecule has 1 saturated heterocycles. The van der Waals surface area contributed by atoms with Gasteiger partial charge in [0.05, 0.1) is 5.71 Å². The smallest absolute Gasteiger partial charge is 0.266 e. The molecular weight excluding hydrogens is 347 g/mol. The van der Waals surface area contributed by atoms with Gasteiger partial charge in [-0.25, -0.2) is 4.39 Å². The highest BCUT2D eigenvalue weighted by Crippen LogP contribution is 2.23. The Morgan fingerprint density at radius 3 is 2.74 bits per heavy atom. The number of rotatable bonds is 6. The molecule has 0 aliphatic carbocycles. The Bertz CT molecular complexity index is 715. The first-order valence-corrected chi connectivity index (χ1v) is 9.70. The van der Waals surface area contributed by atoms with Crippen molar-refractivity contribution in [2.75, 3.05) is 13.1 Å². The Balaban J connectivity index is 1.52. The molecule has 2 atom stereocenters. The molecule has 0 spiro atoms. The molecule has 146 valence electrons. The van der Waals surface area contributed by atoms with Crippen molar-refractivity contribution in [1.82, 2.24) is 4.90 Å². The minimum atomic E-state index is -0.612. The molecule has 1 aromatic rings. The number of amides is 1. The molecule has 0 saturated carbocycles. The van der Waals surface area contributed by atoms with E-state index in [1.165, 1.54) is 12.1 Å². The number of carbonyl (C=O) groups is 2. The number of piperidine rings is 1. The zero-order valence-corrected chi connectivity index (χ0v) is 16.0. The molecule has 0 aromatic heterocycles. The summed E-state index contributed by atoms with van der Waals surface area (Å²) in [7, 11) is 0. The Morgan fingerprint density at radius 1 is 1.30 bits per heavy atom. The number of ketones is 1. The lowest BCUT2D eigenvalue weighted by Crippen LogP contribution is -2.46. The number of benzene rings is 1. The summed E-state index contributed by atoms with van der Waals surface area (Å²) in [6, 6.07) is 6.25. The van der Waals surface area contributed by atoms with Crippen molar-refractivity contribution in [3.63, 3.8) is 0 Å². The maximum atomic E-state index is 13.0. The van der Waals surface area contributed by atoms with Crippen LogP contribution in [0.25, 0.3) is 0 Å². The van der Waals surface area contributed by atoms with Gasteiger partial charge in [0.2, 0.25) is 6.10 Å². The predicted molar refractivity (Wildman–Crippen MR) is 101 cm³/mol. The molecule has 2 unspecified atom stereocenters. The molecule has 1 aromatic carbocycles. The summed E-state index contributed by atoms with van der Waals surface area (Å²) in [5.41, 5.74) is 1.72. The van der Waals surface area contributed by atoms with Crippen LogP contribution in [0.5, 0.6) is 0 Å². The van der Waals surface area contributed by atoms with Gasteiger partial charge in [0, 0.05) is 38.3 Å². The van der Waals surface area contributed by atoms with Crippen molar-refractivity contribution in [2.45, 2.75) is 52.1 Å². The van der Waals surface area contributed by atoms with E-state index < -0.39 is 6.10 Å². The first-order valence-electron chi connectivity index (χ1n) is 9.70. The van der Waals surface area contributed by atoms with Crippen molar-refractivity contribution in [1.29, 1.82) is 0 Å². The molecule has 3 rings (SSSR count). The molecule has 6 heteroatoms. The SMILES string of the molecule is CC(C)CC(=O)C1CCCN(C(=O)C2CC(Cc3ccc(F)cc3)=NO2)C1. The van der Waals surface area contributed by atoms with E-state index in [-0.39, 0.29) is 23.4 Å². The lowest BCUT2D eigenvalue weighted by atomic mass is 9.89. The van der Waals surface area contributed by atoms with E-state index in [0.717, 1.165) is 24.1 Å². The standard InChI is InChI=1S/C21H27FN2O3/c1-14(2)10-19(25)16-4-3-9-24(13-16)21(26)20-12-18(23-27-20)11-15-5-7-17(22)8-6-15/h5-8,14,16,20H,3-4,9-13H2,1-2H3. The highest BCUT2D eigenvalue weighted by molar-refractivity contribution is 5.94. The maximum Gasteiger partial charge on any atom is 0.266 e. The Morgan fingerprint density at radius 2 is 2.04 bits per heavy atom. The minimum Gasteiger partial charge on any atom is -0.382 e. The second kappa shape index (κ2) is 8.63. The van der Waals surface area contributed by atoms with Crippen molar-refractivity contribution in [3.05, 3.63) is 35.6 Å². The topological polar surface area (TPSA) is 59.0 Å². The van der Waals surface area contributed by atoms with Gasteiger partial charge < -0.3 is 9.74 Å². The summed E-state index contributed by atoms with van der Waals surface area (Å²) in [5.74, 6) is 0.163. The monoisotopic (exact) mass is 374 g/mol. The van der Waals surface area contributed by atoms with Crippen LogP contribution in [0.3, 0.4) is 0 Å². The number of likely N-dealkylation sites (tertiary alicyclic amines) is 1. The molecule has 1 amide bonds. The Kier molecular flexibility index (Phi) is 6.24. The predicted octanol–water partition coefficient (Wildman–Crippen LogP) is 3.37. The first-order chi connectivity index (χ1) is 12.9. The lowest BCUT2D eigenvalue weighted by molar-refractivity contribution is -0.145. The van der Waals surface area contributed by atoms with E-state index in [4.69, 9.17) is 4.84 Å². The third-order valence-electron chi connectivity index (χ3n) is 5.12. The van der Waals surface area contributed by atoms with Crippen LogP contribution in [0.1, 0.15) is 45.1 Å². The van der Waals surface area contributed by atoms with Gasteiger partial charge >= 0.3 is 0 Å². The van der Waals surface area contributed by atoms with Crippen molar-refractivity contribution < 1.29 is 18.8 Å². The number of hydrogen-bond donors (Lipinski definition) is 0. The second-order valence-corrected chi connectivity index (χ2v) is 7.95. The molecule has 2 aliphatic heterocycles. The fourth-order valence-corrected chi connectivity index (χ4v) is 3.71. The molecular formula is C21H27FN2O3. The van der Waals surface area contributed by atoms with E-state index in [0.29, 0.717) is 38.3 Å². The van der Waals surface area contributed by atoms with Crippen LogP contribution >= 0.6 is 0 Å². The Labute approximate surface area is 159 Å². The van der Waals surface area contributed by atoms with Gasteiger partial charge in [-0.05, 0) is 36.5 Å². The molecule has 2 aliphatic rings. The van der Waals surface area contributed by atoms with E-state index >= 15 is 0 Å². The number of Topliss-reactive ketones (excluding diaryl/α,β-unsaturated/α-hetero) is 1. The molecule has 0 N–H and O–H groups in total. The highest BCUT2D eigenvalue weighted by atomic mass is 19.1. The molecule has 5 nitrogen and oxygen atoms in total. The minimum absolute atomic E-state index is 0.0638. The summed E-state index contributed by atoms with van der Waals surface area (Å²) >= 11 is 0. The van der Waals surface area contributed by atoms with Crippen molar-refractivity contribution in [3.8, 4) is 0 Å². The van der Waals surface area contributed by atoms with Gasteiger partial charge in [0.1, 0.15) is 11.6 Å². The number of oxime groups is 1. The van der Waals surface area contributed by atoms with Crippen LogP contribution < -0.4 is 0 Å². The Hall–Kier alpha value is -2.24. The molecule has 27 heavy (non-hydrogen) atoms. The summed E-state index contributed by atoms with van der Waals surface area (Å²) < 4.78 is 13.0. The van der Waals surface area contributed by atoms with Gasteiger partial charge in [-0.3, -0.25) is 9.59 Å². The average Bonchev–Trinajstić information content (AvgIpc) is 3.11. The summed E-state index contributed by atoms with van der Waals surface area (Å²) in [4.78, 5) is 32.3. The number of nitrogens with zero attached hydrogens (tertiary/aromatic N) is 2. The highest BCUT2D eigenvalue weighted by Gasteiger charge is 2.35. The largest absolute Gasteiger partial charge is 0.382 e. The number of halogens is 1. The van der Waals surface area contributed by atoms with Crippen molar-refractivity contribution >= 4 is 17.4 Å². The van der Waals surface area contributed by atoms with Crippen LogP contribution in [0, 0.1) is 17.7 Å². The van der Waals surface area contributed by atoms with Crippen LogP contribution in [0.15, 0.2) is 29.4 Å². The van der Waals surface area contributed by atoms with E-state index in [1.807, 2.05) is 13.8 Å². The molecule has 2 heterocycles. The summed E-state index contributed by atoms with van der Waals surface area (Å²) in [5, 5.41) is 4.05. The molecule has 1 fully saturated rings. The van der Waals surface area contributed by atoms with E-state index in [9.17, 15) is 14.0 Å². The number of carbonyl (C=O) groups excluding carboxylic acids is 2.